The molecule has 1 atom stereocenters. The van der Waals surface area contributed by atoms with Gasteiger partial charge in [-0.2, -0.15) is 5.10 Å². The summed E-state index contributed by atoms with van der Waals surface area (Å²) in [6.45, 7) is 0.811. The molecule has 3 rings (SSSR count). The van der Waals surface area contributed by atoms with Crippen LogP contribution < -0.4 is 5.43 Å². The molecule has 0 aromatic carbocycles. The average Bonchev–Trinajstić information content (AvgIpc) is 2.86. The fraction of sp³-hybridized carbons (Fsp3) is 0.300. The average molecular weight is 280 g/mol. The predicted molar refractivity (Wildman–Crippen MR) is 65.4 cm³/mol. The second-order valence-electron chi connectivity index (χ2n) is 3.77. The Bertz CT molecular complexity index is 574. The number of nitrogens with one attached hydrogen (secondary N) is 1. The van der Waals surface area contributed by atoms with E-state index in [2.05, 4.69) is 41.0 Å². The van der Waals surface area contributed by atoms with Gasteiger partial charge in [0.15, 0.2) is 0 Å². The molecule has 5 nitrogen and oxygen atoms in total. The molecule has 1 aliphatic rings. The van der Waals surface area contributed by atoms with E-state index < -0.39 is 0 Å². The van der Waals surface area contributed by atoms with Gasteiger partial charge in [0.1, 0.15) is 10.4 Å². The SMILES string of the molecule is Cn1c(C2C=NNC2)nc2cc(Br)ncc21. The van der Waals surface area contributed by atoms with E-state index in [4.69, 9.17) is 0 Å². The summed E-state index contributed by atoms with van der Waals surface area (Å²) < 4.78 is 2.88. The maximum Gasteiger partial charge on any atom is 0.120 e. The number of hydrogen-bond donors (Lipinski definition) is 1. The van der Waals surface area contributed by atoms with Crippen molar-refractivity contribution >= 4 is 33.2 Å². The van der Waals surface area contributed by atoms with Crippen molar-refractivity contribution in [1.29, 1.82) is 0 Å². The van der Waals surface area contributed by atoms with Gasteiger partial charge >= 0.3 is 0 Å². The summed E-state index contributed by atoms with van der Waals surface area (Å²) in [4.78, 5) is 8.83. The molecule has 0 fully saturated rings. The fourth-order valence-electron chi connectivity index (χ4n) is 1.92. The summed E-state index contributed by atoms with van der Waals surface area (Å²) in [5.74, 6) is 1.26. The first kappa shape index (κ1) is 9.77. The summed E-state index contributed by atoms with van der Waals surface area (Å²) in [6, 6.07) is 1.93. The van der Waals surface area contributed by atoms with E-state index in [1.54, 1.807) is 0 Å². The Morgan fingerprint density at radius 2 is 2.44 bits per heavy atom. The van der Waals surface area contributed by atoms with Crippen LogP contribution in [0.5, 0.6) is 0 Å². The molecule has 0 aliphatic carbocycles. The molecule has 1 N–H and O–H groups in total. The van der Waals surface area contributed by atoms with Crippen LogP contribution in [0, 0.1) is 0 Å². The summed E-state index contributed by atoms with van der Waals surface area (Å²) in [5, 5.41) is 4.02. The van der Waals surface area contributed by atoms with E-state index in [-0.39, 0.29) is 5.92 Å². The largest absolute Gasteiger partial charge is 0.329 e. The number of imidazole rings is 1. The maximum atomic E-state index is 4.62. The Hall–Kier alpha value is -1.43. The van der Waals surface area contributed by atoms with Crippen LogP contribution in [0.25, 0.3) is 11.0 Å². The Kier molecular flexibility index (Phi) is 2.17. The van der Waals surface area contributed by atoms with Crippen molar-refractivity contribution in [2.24, 2.45) is 12.1 Å². The molecular weight excluding hydrogens is 270 g/mol. The lowest BCUT2D eigenvalue weighted by Gasteiger charge is -2.05. The first-order valence-electron chi connectivity index (χ1n) is 4.99. The van der Waals surface area contributed by atoms with Crippen LogP contribution in [0.2, 0.25) is 0 Å². The second kappa shape index (κ2) is 3.55. The molecule has 0 spiro atoms. The van der Waals surface area contributed by atoms with Crippen LogP contribution in [0.4, 0.5) is 0 Å². The second-order valence-corrected chi connectivity index (χ2v) is 4.58. The molecule has 1 aliphatic heterocycles. The minimum absolute atomic E-state index is 0.246. The highest BCUT2D eigenvalue weighted by Crippen LogP contribution is 2.22. The van der Waals surface area contributed by atoms with Gasteiger partial charge in [0.05, 0.1) is 23.1 Å². The molecule has 16 heavy (non-hydrogen) atoms. The van der Waals surface area contributed by atoms with Crippen LogP contribution in [-0.2, 0) is 7.05 Å². The summed E-state index contributed by atoms with van der Waals surface area (Å²) in [5.41, 5.74) is 4.94. The van der Waals surface area contributed by atoms with Gasteiger partial charge in [-0.15, -0.1) is 0 Å². The van der Waals surface area contributed by atoms with E-state index in [1.807, 2.05) is 25.5 Å². The number of aryl methyl sites for hydroxylation is 1. The van der Waals surface area contributed by atoms with E-state index in [1.165, 1.54) is 0 Å². The molecule has 6 heteroatoms. The highest BCUT2D eigenvalue weighted by atomic mass is 79.9. The molecule has 2 aromatic rings. The Morgan fingerprint density at radius 1 is 1.56 bits per heavy atom. The lowest BCUT2D eigenvalue weighted by molar-refractivity contribution is 0.708. The van der Waals surface area contributed by atoms with Crippen molar-refractivity contribution in [3.8, 4) is 0 Å². The number of rotatable bonds is 1. The number of fused-ring (bicyclic) bond motifs is 1. The summed E-state index contributed by atoms with van der Waals surface area (Å²) >= 11 is 3.35. The molecule has 0 bridgehead atoms. The van der Waals surface area contributed by atoms with E-state index in [9.17, 15) is 0 Å². The van der Waals surface area contributed by atoms with Gasteiger partial charge in [-0.1, -0.05) is 0 Å². The van der Waals surface area contributed by atoms with Gasteiger partial charge < -0.3 is 9.99 Å². The minimum atomic E-state index is 0.246. The molecule has 0 amide bonds. The quantitative estimate of drug-likeness (QED) is 0.803. The van der Waals surface area contributed by atoms with Crippen molar-refractivity contribution < 1.29 is 0 Å². The zero-order valence-corrected chi connectivity index (χ0v) is 10.3. The minimum Gasteiger partial charge on any atom is -0.329 e. The highest BCUT2D eigenvalue weighted by Gasteiger charge is 2.19. The first-order chi connectivity index (χ1) is 7.75. The maximum absolute atomic E-state index is 4.62. The standard InChI is InChI=1S/C10H10BrN5/c1-16-8-5-12-9(11)2-7(8)15-10(16)6-3-13-14-4-6/h2-3,5-6,14H,4H2,1H3. The van der Waals surface area contributed by atoms with Crippen molar-refractivity contribution in [2.75, 3.05) is 6.54 Å². The summed E-state index contributed by atoms with van der Waals surface area (Å²) in [6.07, 6.45) is 3.72. The lowest BCUT2D eigenvalue weighted by atomic mass is 10.1. The first-order valence-corrected chi connectivity index (χ1v) is 5.79. The zero-order valence-electron chi connectivity index (χ0n) is 8.68. The lowest BCUT2D eigenvalue weighted by Crippen LogP contribution is -2.12. The molecule has 1 unspecified atom stereocenters. The van der Waals surface area contributed by atoms with Gasteiger partial charge in [0, 0.05) is 19.8 Å². The number of pyridine rings is 1. The smallest absolute Gasteiger partial charge is 0.120 e. The molecule has 0 radical (unpaired) electrons. The third kappa shape index (κ3) is 1.41. The number of hydrazone groups is 1. The molecular formula is C10H10BrN5. The molecule has 0 saturated heterocycles. The van der Waals surface area contributed by atoms with Crippen molar-refractivity contribution in [2.45, 2.75) is 5.92 Å². The van der Waals surface area contributed by atoms with Crippen LogP contribution >= 0.6 is 15.9 Å². The number of halogens is 1. The van der Waals surface area contributed by atoms with Gasteiger partial charge in [-0.25, -0.2) is 9.97 Å². The zero-order chi connectivity index (χ0) is 11.1. The van der Waals surface area contributed by atoms with Gasteiger partial charge in [-0.3, -0.25) is 0 Å². The number of hydrogen-bond acceptors (Lipinski definition) is 4. The molecule has 0 saturated carbocycles. The monoisotopic (exact) mass is 279 g/mol. The van der Waals surface area contributed by atoms with Crippen molar-refractivity contribution in [3.63, 3.8) is 0 Å². The third-order valence-electron chi connectivity index (χ3n) is 2.76. The van der Waals surface area contributed by atoms with Crippen LogP contribution in [0.1, 0.15) is 11.7 Å². The van der Waals surface area contributed by atoms with Gasteiger partial charge in [0.25, 0.3) is 0 Å². The Morgan fingerprint density at radius 3 is 3.19 bits per heavy atom. The predicted octanol–water partition coefficient (Wildman–Crippen LogP) is 1.40. The Balaban J connectivity index is 2.18. The Labute approximate surface area is 101 Å². The van der Waals surface area contributed by atoms with Crippen LogP contribution in [0.3, 0.4) is 0 Å². The molecule has 3 heterocycles. The van der Waals surface area contributed by atoms with Crippen molar-refractivity contribution in [3.05, 3.63) is 22.7 Å². The fourth-order valence-corrected chi connectivity index (χ4v) is 2.24. The number of aromatic nitrogens is 3. The van der Waals surface area contributed by atoms with E-state index in [0.29, 0.717) is 0 Å². The molecule has 82 valence electrons. The van der Waals surface area contributed by atoms with Gasteiger partial charge in [-0.05, 0) is 22.0 Å². The highest BCUT2D eigenvalue weighted by molar-refractivity contribution is 9.10. The number of nitrogens with zero attached hydrogens (tertiary/aromatic N) is 4. The normalized spacial score (nSPS) is 19.2. The van der Waals surface area contributed by atoms with Crippen LogP contribution in [-0.4, -0.2) is 27.3 Å². The van der Waals surface area contributed by atoms with E-state index in [0.717, 1.165) is 28.0 Å². The molecule has 2 aromatic heterocycles. The van der Waals surface area contributed by atoms with Gasteiger partial charge in [0.2, 0.25) is 0 Å². The summed E-state index contributed by atoms with van der Waals surface area (Å²) in [7, 11) is 2.01. The van der Waals surface area contributed by atoms with E-state index >= 15 is 0 Å². The third-order valence-corrected chi connectivity index (χ3v) is 3.19. The van der Waals surface area contributed by atoms with Crippen LogP contribution in [0.15, 0.2) is 22.0 Å². The van der Waals surface area contributed by atoms with Crippen molar-refractivity contribution in [1.82, 2.24) is 20.0 Å². The topological polar surface area (TPSA) is 55.1 Å².